The largest absolute Gasteiger partial charge is 0.454 e. The first-order valence-electron chi connectivity index (χ1n) is 9.19. The summed E-state index contributed by atoms with van der Waals surface area (Å²) in [5.74, 6) is -2.06. The average Bonchev–Trinajstić information content (AvgIpc) is 3.31. The van der Waals surface area contributed by atoms with Crippen molar-refractivity contribution in [3.05, 3.63) is 0 Å². The quantitative estimate of drug-likeness (QED) is 0.439. The minimum atomic E-state index is -0.979. The fourth-order valence-electron chi connectivity index (χ4n) is 3.57. The van der Waals surface area contributed by atoms with Crippen LogP contribution in [0.4, 0.5) is 9.59 Å². The third kappa shape index (κ3) is 4.37. The summed E-state index contributed by atoms with van der Waals surface area (Å²) in [6.45, 7) is 0.404. The Kier molecular flexibility index (Phi) is 5.33. The van der Waals surface area contributed by atoms with Gasteiger partial charge in [-0.05, 0) is 38.5 Å². The monoisotopic (exact) mass is 380 g/mol. The molecule has 3 aliphatic rings. The molecule has 148 valence electrons. The summed E-state index contributed by atoms with van der Waals surface area (Å²) in [7, 11) is 0. The number of amides is 6. The number of urea groups is 2. The molecular formula is C17H24N4O6. The van der Waals surface area contributed by atoms with Crippen LogP contribution in [-0.2, 0) is 19.1 Å². The third-order valence-electron chi connectivity index (χ3n) is 5.29. The number of carbonyl (C=O) groups excluding carboxylic acids is 5. The summed E-state index contributed by atoms with van der Waals surface area (Å²) in [5, 5.41) is 7.38. The van der Waals surface area contributed by atoms with Gasteiger partial charge in [-0.2, -0.15) is 0 Å². The molecule has 10 heteroatoms. The zero-order valence-electron chi connectivity index (χ0n) is 15.2. The van der Waals surface area contributed by atoms with Gasteiger partial charge in [-0.15, -0.1) is 0 Å². The predicted molar refractivity (Wildman–Crippen MR) is 91.3 cm³/mol. The maximum atomic E-state index is 12.4. The van der Waals surface area contributed by atoms with E-state index in [2.05, 4.69) is 16.0 Å². The number of nitrogens with zero attached hydrogens (tertiary/aromatic N) is 1. The SMILES string of the molecule is C[C@@]1(C2CC2)NC(=O)N(CC(=O)OCC(=O)NC(=O)NC2CCCC2)C1=O. The van der Waals surface area contributed by atoms with Crippen molar-refractivity contribution >= 4 is 29.8 Å². The molecule has 10 nitrogen and oxygen atoms in total. The highest BCUT2D eigenvalue weighted by Gasteiger charge is 2.56. The van der Waals surface area contributed by atoms with Gasteiger partial charge in [-0.25, -0.2) is 9.59 Å². The first-order valence-corrected chi connectivity index (χ1v) is 9.19. The lowest BCUT2D eigenvalue weighted by Gasteiger charge is -2.20. The zero-order chi connectivity index (χ0) is 19.6. The van der Waals surface area contributed by atoms with Crippen LogP contribution in [0, 0.1) is 5.92 Å². The molecule has 0 aromatic carbocycles. The van der Waals surface area contributed by atoms with Gasteiger partial charge in [0, 0.05) is 6.04 Å². The predicted octanol–water partition coefficient (Wildman–Crippen LogP) is 0.0185. The lowest BCUT2D eigenvalue weighted by molar-refractivity contribution is -0.150. The second-order valence-corrected chi connectivity index (χ2v) is 7.46. The van der Waals surface area contributed by atoms with Crippen LogP contribution >= 0.6 is 0 Å². The highest BCUT2D eigenvalue weighted by atomic mass is 16.5. The molecule has 3 rings (SSSR count). The van der Waals surface area contributed by atoms with Gasteiger partial charge in [0.15, 0.2) is 6.61 Å². The van der Waals surface area contributed by atoms with Crippen molar-refractivity contribution in [1.29, 1.82) is 0 Å². The Labute approximate surface area is 156 Å². The number of rotatable bonds is 6. The van der Waals surface area contributed by atoms with Gasteiger partial charge in [0.2, 0.25) is 0 Å². The standard InChI is InChI=1S/C17H24N4O6/c1-17(10-6-7-10)14(24)21(16(26)20-17)8-13(23)27-9-12(22)19-15(25)18-11-4-2-3-5-11/h10-11H,2-9H2,1H3,(H,20,26)(H2,18,19,22,25)/t17-/m0/s1. The summed E-state index contributed by atoms with van der Waals surface area (Å²) < 4.78 is 4.77. The van der Waals surface area contributed by atoms with Crippen LogP contribution < -0.4 is 16.0 Å². The van der Waals surface area contributed by atoms with Crippen molar-refractivity contribution in [2.24, 2.45) is 5.92 Å². The Hall–Kier alpha value is -2.65. The molecule has 0 radical (unpaired) electrons. The second-order valence-electron chi connectivity index (χ2n) is 7.46. The van der Waals surface area contributed by atoms with E-state index < -0.39 is 48.5 Å². The van der Waals surface area contributed by atoms with Crippen molar-refractivity contribution in [2.45, 2.75) is 57.0 Å². The van der Waals surface area contributed by atoms with Crippen molar-refractivity contribution in [1.82, 2.24) is 20.9 Å². The van der Waals surface area contributed by atoms with E-state index in [0.29, 0.717) is 0 Å². The summed E-state index contributed by atoms with van der Waals surface area (Å²) in [5.41, 5.74) is -0.979. The minimum Gasteiger partial charge on any atom is -0.454 e. The van der Waals surface area contributed by atoms with Crippen molar-refractivity contribution in [3.63, 3.8) is 0 Å². The van der Waals surface area contributed by atoms with Gasteiger partial charge >= 0.3 is 18.0 Å². The van der Waals surface area contributed by atoms with Crippen LogP contribution in [0.15, 0.2) is 0 Å². The number of hydrogen-bond donors (Lipinski definition) is 3. The summed E-state index contributed by atoms with van der Waals surface area (Å²) in [6.07, 6.45) is 5.54. The smallest absolute Gasteiger partial charge is 0.326 e. The number of ether oxygens (including phenoxy) is 1. The highest BCUT2D eigenvalue weighted by Crippen LogP contribution is 2.42. The van der Waals surface area contributed by atoms with E-state index in [0.717, 1.165) is 43.4 Å². The molecular weight excluding hydrogens is 356 g/mol. The number of hydrogen-bond acceptors (Lipinski definition) is 6. The fourth-order valence-corrected chi connectivity index (χ4v) is 3.57. The van der Waals surface area contributed by atoms with Gasteiger partial charge < -0.3 is 15.4 Å². The summed E-state index contributed by atoms with van der Waals surface area (Å²) >= 11 is 0. The molecule has 6 amide bonds. The molecule has 2 saturated carbocycles. The molecule has 1 atom stereocenters. The first kappa shape index (κ1) is 19.1. The molecule has 0 unspecified atom stereocenters. The number of imide groups is 2. The Morgan fingerprint density at radius 2 is 1.85 bits per heavy atom. The number of carbonyl (C=O) groups is 5. The summed E-state index contributed by atoms with van der Waals surface area (Å²) in [4.78, 5) is 60.4. The average molecular weight is 380 g/mol. The normalized spacial score (nSPS) is 25.3. The molecule has 3 fully saturated rings. The van der Waals surface area contributed by atoms with E-state index in [1.165, 1.54) is 0 Å². The van der Waals surface area contributed by atoms with Gasteiger partial charge in [0.1, 0.15) is 12.1 Å². The Balaban J connectivity index is 1.40. The Morgan fingerprint density at radius 3 is 2.48 bits per heavy atom. The van der Waals surface area contributed by atoms with E-state index in [1.807, 2.05) is 0 Å². The molecule has 0 aromatic heterocycles. The molecule has 2 aliphatic carbocycles. The first-order chi connectivity index (χ1) is 12.8. The molecule has 1 aliphatic heterocycles. The molecule has 0 aromatic rings. The Bertz CT molecular complexity index is 670. The van der Waals surface area contributed by atoms with E-state index in [4.69, 9.17) is 4.74 Å². The van der Waals surface area contributed by atoms with E-state index in [9.17, 15) is 24.0 Å². The fraction of sp³-hybridized carbons (Fsp3) is 0.706. The van der Waals surface area contributed by atoms with Gasteiger partial charge in [0.25, 0.3) is 11.8 Å². The van der Waals surface area contributed by atoms with E-state index in [1.54, 1.807) is 6.92 Å². The van der Waals surface area contributed by atoms with Crippen molar-refractivity contribution < 1.29 is 28.7 Å². The Morgan fingerprint density at radius 1 is 1.19 bits per heavy atom. The van der Waals surface area contributed by atoms with Crippen molar-refractivity contribution in [2.75, 3.05) is 13.2 Å². The molecule has 1 heterocycles. The van der Waals surface area contributed by atoms with Crippen LogP contribution in [0.2, 0.25) is 0 Å². The van der Waals surface area contributed by atoms with Crippen molar-refractivity contribution in [3.8, 4) is 0 Å². The van der Waals surface area contributed by atoms with Gasteiger partial charge in [-0.3, -0.25) is 24.6 Å². The maximum Gasteiger partial charge on any atom is 0.326 e. The van der Waals surface area contributed by atoms with Crippen LogP contribution in [-0.4, -0.2) is 59.5 Å². The topological polar surface area (TPSA) is 134 Å². The molecule has 0 spiro atoms. The van der Waals surface area contributed by atoms with Crippen LogP contribution in [0.3, 0.4) is 0 Å². The van der Waals surface area contributed by atoms with Crippen LogP contribution in [0.25, 0.3) is 0 Å². The number of esters is 1. The maximum absolute atomic E-state index is 12.4. The highest BCUT2D eigenvalue weighted by molar-refractivity contribution is 6.09. The molecule has 27 heavy (non-hydrogen) atoms. The van der Waals surface area contributed by atoms with E-state index >= 15 is 0 Å². The molecule has 3 N–H and O–H groups in total. The van der Waals surface area contributed by atoms with Crippen LogP contribution in [0.5, 0.6) is 0 Å². The molecule has 1 saturated heterocycles. The van der Waals surface area contributed by atoms with Gasteiger partial charge in [-0.1, -0.05) is 12.8 Å². The van der Waals surface area contributed by atoms with Gasteiger partial charge in [0.05, 0.1) is 0 Å². The second kappa shape index (κ2) is 7.53. The van der Waals surface area contributed by atoms with E-state index in [-0.39, 0.29) is 12.0 Å². The molecule has 0 bridgehead atoms. The van der Waals surface area contributed by atoms with Crippen LogP contribution in [0.1, 0.15) is 45.4 Å². The summed E-state index contributed by atoms with van der Waals surface area (Å²) in [6, 6.07) is -1.22. The lowest BCUT2D eigenvalue weighted by atomic mass is 9.96. The zero-order valence-corrected chi connectivity index (χ0v) is 15.2. The lowest BCUT2D eigenvalue weighted by Crippen LogP contribution is -2.46. The number of nitrogens with one attached hydrogen (secondary N) is 3. The third-order valence-corrected chi connectivity index (χ3v) is 5.29. The minimum absolute atomic E-state index is 0.0563.